The van der Waals surface area contributed by atoms with Gasteiger partial charge in [-0.1, -0.05) is 29.8 Å². The van der Waals surface area contributed by atoms with E-state index in [2.05, 4.69) is 34.5 Å². The van der Waals surface area contributed by atoms with Crippen LogP contribution in [0, 0.1) is 6.92 Å². The molecular formula is C25H32N2O4. The van der Waals surface area contributed by atoms with Crippen molar-refractivity contribution < 1.29 is 19.1 Å². The summed E-state index contributed by atoms with van der Waals surface area (Å²) in [6.45, 7) is 8.41. The molecule has 1 amide bonds. The molecule has 6 heteroatoms. The molecule has 2 aromatic carbocycles. The Morgan fingerprint density at radius 1 is 1.03 bits per heavy atom. The summed E-state index contributed by atoms with van der Waals surface area (Å²) in [6, 6.07) is 15.2. The first-order valence-corrected chi connectivity index (χ1v) is 11.0. The highest BCUT2D eigenvalue weighted by Gasteiger charge is 2.20. The highest BCUT2D eigenvalue weighted by atomic mass is 16.5. The van der Waals surface area contributed by atoms with Gasteiger partial charge in [0.1, 0.15) is 5.75 Å². The Hall–Kier alpha value is -2.70. The van der Waals surface area contributed by atoms with Crippen molar-refractivity contribution in [3.63, 3.8) is 0 Å². The molecule has 1 aliphatic heterocycles. The van der Waals surface area contributed by atoms with Crippen LogP contribution in [0.4, 0.5) is 0 Å². The van der Waals surface area contributed by atoms with E-state index in [1.807, 2.05) is 13.8 Å². The lowest BCUT2D eigenvalue weighted by molar-refractivity contribution is -0.122. The SMILES string of the molecule is CCOc1ccc(C(=O)CCC(=O)NC(CN2CCOCC2)c2ccc(C)cc2)cc1. The second kappa shape index (κ2) is 11.6. The molecule has 1 unspecified atom stereocenters. The summed E-state index contributed by atoms with van der Waals surface area (Å²) in [6.07, 6.45) is 0.343. The molecule has 6 nitrogen and oxygen atoms in total. The lowest BCUT2D eigenvalue weighted by Gasteiger charge is -2.31. The Bertz CT molecular complexity index is 843. The van der Waals surface area contributed by atoms with E-state index in [0.29, 0.717) is 25.4 Å². The first-order chi connectivity index (χ1) is 15.0. The lowest BCUT2D eigenvalue weighted by atomic mass is 10.0. The van der Waals surface area contributed by atoms with Crippen LogP contribution in [0.1, 0.15) is 47.3 Å². The average Bonchev–Trinajstić information content (AvgIpc) is 2.79. The van der Waals surface area contributed by atoms with Crippen molar-refractivity contribution >= 4 is 11.7 Å². The van der Waals surface area contributed by atoms with Crippen LogP contribution in [0.2, 0.25) is 0 Å². The van der Waals surface area contributed by atoms with Gasteiger partial charge in [-0.3, -0.25) is 14.5 Å². The molecule has 1 fully saturated rings. The predicted octanol–water partition coefficient (Wildman–Crippen LogP) is 3.55. The minimum absolute atomic E-state index is 0.0433. The van der Waals surface area contributed by atoms with Crippen molar-refractivity contribution in [2.75, 3.05) is 39.5 Å². The van der Waals surface area contributed by atoms with Crippen molar-refractivity contribution in [1.82, 2.24) is 10.2 Å². The quantitative estimate of drug-likeness (QED) is 0.591. The molecule has 0 aliphatic carbocycles. The minimum Gasteiger partial charge on any atom is -0.494 e. The third-order valence-corrected chi connectivity index (χ3v) is 5.43. The number of hydrogen-bond donors (Lipinski definition) is 1. The molecule has 3 rings (SSSR count). The van der Waals surface area contributed by atoms with Gasteiger partial charge in [0, 0.05) is 38.0 Å². The average molecular weight is 425 g/mol. The van der Waals surface area contributed by atoms with Crippen LogP contribution in [-0.2, 0) is 9.53 Å². The van der Waals surface area contributed by atoms with Gasteiger partial charge in [0.25, 0.3) is 0 Å². The van der Waals surface area contributed by atoms with E-state index in [-0.39, 0.29) is 30.6 Å². The van der Waals surface area contributed by atoms with Crippen molar-refractivity contribution in [1.29, 1.82) is 0 Å². The summed E-state index contributed by atoms with van der Waals surface area (Å²) in [7, 11) is 0. The van der Waals surface area contributed by atoms with Crippen LogP contribution in [0.15, 0.2) is 48.5 Å². The third-order valence-electron chi connectivity index (χ3n) is 5.43. The van der Waals surface area contributed by atoms with E-state index in [1.165, 1.54) is 5.56 Å². The van der Waals surface area contributed by atoms with E-state index >= 15 is 0 Å². The number of ketones is 1. The molecule has 166 valence electrons. The summed E-state index contributed by atoms with van der Waals surface area (Å²) in [5.41, 5.74) is 2.85. The molecule has 1 N–H and O–H groups in total. The highest BCUT2D eigenvalue weighted by Crippen LogP contribution is 2.18. The molecule has 1 heterocycles. The van der Waals surface area contributed by atoms with Gasteiger partial charge in [-0.2, -0.15) is 0 Å². The fraction of sp³-hybridized carbons (Fsp3) is 0.440. The Labute approximate surface area is 184 Å². The fourth-order valence-electron chi connectivity index (χ4n) is 3.62. The number of carbonyl (C=O) groups is 2. The number of rotatable bonds is 10. The zero-order valence-electron chi connectivity index (χ0n) is 18.4. The number of ether oxygens (including phenoxy) is 2. The molecular weight excluding hydrogens is 392 g/mol. The van der Waals surface area contributed by atoms with Gasteiger partial charge in [0.15, 0.2) is 5.78 Å². The van der Waals surface area contributed by atoms with Gasteiger partial charge in [0.2, 0.25) is 5.91 Å². The molecule has 0 saturated carbocycles. The van der Waals surface area contributed by atoms with E-state index in [0.717, 1.165) is 30.9 Å². The summed E-state index contributed by atoms with van der Waals surface area (Å²) < 4.78 is 10.8. The van der Waals surface area contributed by atoms with Crippen LogP contribution in [0.25, 0.3) is 0 Å². The standard InChI is InChI=1S/C25H32N2O4/c1-3-31-22-10-8-21(9-11-22)24(28)12-13-25(29)26-23(18-27-14-16-30-17-15-27)20-6-4-19(2)5-7-20/h4-11,23H,3,12-18H2,1-2H3,(H,26,29). The third kappa shape index (κ3) is 7.19. The predicted molar refractivity (Wildman–Crippen MR) is 120 cm³/mol. The topological polar surface area (TPSA) is 67.9 Å². The first-order valence-electron chi connectivity index (χ1n) is 11.0. The smallest absolute Gasteiger partial charge is 0.220 e. The number of benzene rings is 2. The number of aryl methyl sites for hydroxylation is 1. The molecule has 1 atom stereocenters. The van der Waals surface area contributed by atoms with Gasteiger partial charge in [-0.05, 0) is 43.7 Å². The molecule has 1 saturated heterocycles. The Morgan fingerprint density at radius 3 is 2.35 bits per heavy atom. The second-order valence-corrected chi connectivity index (χ2v) is 7.82. The molecule has 0 spiro atoms. The maximum atomic E-state index is 12.7. The molecule has 0 aromatic heterocycles. The molecule has 0 bridgehead atoms. The summed E-state index contributed by atoms with van der Waals surface area (Å²) >= 11 is 0. The van der Waals surface area contributed by atoms with E-state index in [1.54, 1.807) is 24.3 Å². The number of nitrogens with one attached hydrogen (secondary N) is 1. The number of amides is 1. The zero-order chi connectivity index (χ0) is 22.1. The van der Waals surface area contributed by atoms with Crippen molar-refractivity contribution in [3.8, 4) is 5.75 Å². The van der Waals surface area contributed by atoms with Crippen LogP contribution in [-0.4, -0.2) is 56.0 Å². The summed E-state index contributed by atoms with van der Waals surface area (Å²) in [4.78, 5) is 27.5. The second-order valence-electron chi connectivity index (χ2n) is 7.82. The van der Waals surface area contributed by atoms with Crippen LogP contribution < -0.4 is 10.1 Å². The van der Waals surface area contributed by atoms with E-state index < -0.39 is 0 Å². The monoisotopic (exact) mass is 424 g/mol. The summed E-state index contributed by atoms with van der Waals surface area (Å²) in [5, 5.41) is 3.14. The van der Waals surface area contributed by atoms with Gasteiger partial charge < -0.3 is 14.8 Å². The normalized spacial score (nSPS) is 15.3. The molecule has 1 aliphatic rings. The van der Waals surface area contributed by atoms with Gasteiger partial charge in [-0.25, -0.2) is 0 Å². The van der Waals surface area contributed by atoms with Crippen molar-refractivity contribution in [2.45, 2.75) is 32.7 Å². The number of carbonyl (C=O) groups excluding carboxylic acids is 2. The maximum absolute atomic E-state index is 12.7. The zero-order valence-corrected chi connectivity index (χ0v) is 18.4. The van der Waals surface area contributed by atoms with E-state index in [9.17, 15) is 9.59 Å². The van der Waals surface area contributed by atoms with Gasteiger partial charge in [0.05, 0.1) is 25.9 Å². The Morgan fingerprint density at radius 2 is 1.71 bits per heavy atom. The fourth-order valence-corrected chi connectivity index (χ4v) is 3.62. The Balaban J connectivity index is 1.57. The van der Waals surface area contributed by atoms with E-state index in [4.69, 9.17) is 9.47 Å². The highest BCUT2D eigenvalue weighted by molar-refractivity contribution is 5.98. The largest absolute Gasteiger partial charge is 0.494 e. The van der Waals surface area contributed by atoms with Crippen LogP contribution in [0.3, 0.4) is 0 Å². The molecule has 0 radical (unpaired) electrons. The van der Waals surface area contributed by atoms with Crippen LogP contribution in [0.5, 0.6) is 5.75 Å². The Kier molecular flexibility index (Phi) is 8.62. The molecule has 31 heavy (non-hydrogen) atoms. The molecule has 2 aromatic rings. The van der Waals surface area contributed by atoms with Gasteiger partial charge in [-0.15, -0.1) is 0 Å². The minimum atomic E-state index is -0.119. The number of Topliss-reactive ketones (excluding diaryl/α,β-unsaturated/α-hetero) is 1. The number of morpholine rings is 1. The maximum Gasteiger partial charge on any atom is 0.220 e. The number of nitrogens with zero attached hydrogens (tertiary/aromatic N) is 1. The van der Waals surface area contributed by atoms with Crippen molar-refractivity contribution in [2.24, 2.45) is 0 Å². The number of hydrogen-bond acceptors (Lipinski definition) is 5. The lowest BCUT2D eigenvalue weighted by Crippen LogP contribution is -2.43. The first kappa shape index (κ1) is 23.0. The van der Waals surface area contributed by atoms with Crippen molar-refractivity contribution in [3.05, 3.63) is 65.2 Å². The van der Waals surface area contributed by atoms with Gasteiger partial charge >= 0.3 is 0 Å². The summed E-state index contributed by atoms with van der Waals surface area (Å²) in [5.74, 6) is 0.581. The van der Waals surface area contributed by atoms with Crippen LogP contribution >= 0.6 is 0 Å².